The number of benzene rings is 1. The van der Waals surface area contributed by atoms with Gasteiger partial charge in [-0.05, 0) is 12.1 Å². The monoisotopic (exact) mass is 321 g/mol. The predicted octanol–water partition coefficient (Wildman–Crippen LogP) is 3.62. The number of carbonyl (C=O) groups is 1. The smallest absolute Gasteiger partial charge is 0.257 e. The average molecular weight is 323 g/mol. The molecule has 1 N–H and O–H groups in total. The average Bonchev–Trinajstić information content (AvgIpc) is 2.78. The summed E-state index contributed by atoms with van der Waals surface area (Å²) in [6.45, 7) is 0. The fraction of sp³-hybridized carbons (Fsp3) is 0.100. The summed E-state index contributed by atoms with van der Waals surface area (Å²) in [6, 6.07) is 8.73. The molecule has 0 fully saturated rings. The number of hydrogen-bond donors (Lipinski definition) is 1. The van der Waals surface area contributed by atoms with Crippen LogP contribution >= 0.6 is 46.3 Å². The van der Waals surface area contributed by atoms with Crippen LogP contribution in [0.5, 0.6) is 0 Å². The third-order valence-electron chi connectivity index (χ3n) is 1.94. The summed E-state index contributed by atoms with van der Waals surface area (Å²) in [5.74, 6) is -0.247. The van der Waals surface area contributed by atoms with Gasteiger partial charge in [0.2, 0.25) is 5.13 Å². The van der Waals surface area contributed by atoms with Crippen LogP contribution in [0.1, 0.15) is 16.2 Å². The molecule has 2 rings (SSSR count). The van der Waals surface area contributed by atoms with Gasteiger partial charge in [-0.25, -0.2) is 0 Å². The topological polar surface area (TPSA) is 54.9 Å². The van der Waals surface area contributed by atoms with Gasteiger partial charge in [-0.3, -0.25) is 10.1 Å². The van der Waals surface area contributed by atoms with E-state index >= 15 is 0 Å². The van der Waals surface area contributed by atoms with E-state index in [0.29, 0.717) is 5.56 Å². The number of aromatic nitrogens is 2. The Kier molecular flexibility index (Phi) is 4.07. The van der Waals surface area contributed by atoms with Gasteiger partial charge >= 0.3 is 0 Å². The molecule has 1 amide bonds. The van der Waals surface area contributed by atoms with Crippen molar-refractivity contribution in [3.63, 3.8) is 0 Å². The van der Waals surface area contributed by atoms with Crippen molar-refractivity contribution in [2.75, 3.05) is 5.32 Å². The maximum atomic E-state index is 11.8. The van der Waals surface area contributed by atoms with Gasteiger partial charge in [0.15, 0.2) is 5.82 Å². The van der Waals surface area contributed by atoms with Gasteiger partial charge in [0.25, 0.3) is 9.70 Å². The number of amides is 1. The number of anilines is 1. The molecule has 1 aromatic carbocycles. The lowest BCUT2D eigenvalue weighted by atomic mass is 10.2. The molecular weight excluding hydrogens is 317 g/mol. The minimum absolute atomic E-state index is 0.0425. The zero-order chi connectivity index (χ0) is 13.2. The lowest BCUT2D eigenvalue weighted by molar-refractivity contribution is 0.102. The summed E-state index contributed by atoms with van der Waals surface area (Å²) in [5.41, 5.74) is 0.517. The van der Waals surface area contributed by atoms with Gasteiger partial charge in [0.1, 0.15) is 0 Å². The van der Waals surface area contributed by atoms with Crippen molar-refractivity contribution in [1.82, 2.24) is 9.36 Å². The summed E-state index contributed by atoms with van der Waals surface area (Å²) in [7, 11) is 0. The van der Waals surface area contributed by atoms with Gasteiger partial charge in [0.05, 0.1) is 0 Å². The highest BCUT2D eigenvalue weighted by Gasteiger charge is 2.28. The molecular formula is C10H6Cl3N3OS. The predicted molar refractivity (Wildman–Crippen MR) is 73.5 cm³/mol. The van der Waals surface area contributed by atoms with Crippen molar-refractivity contribution in [2.24, 2.45) is 0 Å². The first kappa shape index (κ1) is 13.5. The highest BCUT2D eigenvalue weighted by Crippen LogP contribution is 2.37. The second-order valence-electron chi connectivity index (χ2n) is 3.24. The Bertz CT molecular complexity index is 553. The SMILES string of the molecule is O=C(Nc1nc(C(Cl)(Cl)Cl)ns1)c1ccccc1. The van der Waals surface area contributed by atoms with E-state index in [0.717, 1.165) is 11.5 Å². The molecule has 0 saturated heterocycles. The van der Waals surface area contributed by atoms with Crippen LogP contribution in [0, 0.1) is 0 Å². The third-order valence-corrected chi connectivity index (χ3v) is 3.07. The third kappa shape index (κ3) is 3.32. The molecule has 94 valence electrons. The van der Waals surface area contributed by atoms with Crippen LogP contribution in [0.2, 0.25) is 0 Å². The first-order valence-corrected chi connectivity index (χ1v) is 6.65. The molecule has 0 aliphatic rings. The Labute approximate surface area is 122 Å². The van der Waals surface area contributed by atoms with Crippen LogP contribution in [0.4, 0.5) is 5.13 Å². The maximum absolute atomic E-state index is 11.8. The number of hydrogen-bond acceptors (Lipinski definition) is 4. The van der Waals surface area contributed by atoms with E-state index in [1.807, 2.05) is 6.07 Å². The zero-order valence-corrected chi connectivity index (χ0v) is 11.8. The van der Waals surface area contributed by atoms with E-state index in [9.17, 15) is 4.79 Å². The fourth-order valence-corrected chi connectivity index (χ4v) is 2.17. The quantitative estimate of drug-likeness (QED) is 0.859. The molecule has 0 unspecified atom stereocenters. The molecule has 0 spiro atoms. The van der Waals surface area contributed by atoms with Crippen LogP contribution in [-0.2, 0) is 3.79 Å². The first-order chi connectivity index (χ1) is 8.47. The van der Waals surface area contributed by atoms with Crippen molar-refractivity contribution < 1.29 is 4.79 Å². The number of halogens is 3. The molecule has 8 heteroatoms. The number of rotatable bonds is 2. The van der Waals surface area contributed by atoms with E-state index in [1.54, 1.807) is 24.3 Å². The maximum Gasteiger partial charge on any atom is 0.257 e. The van der Waals surface area contributed by atoms with E-state index in [-0.39, 0.29) is 16.9 Å². The molecule has 4 nitrogen and oxygen atoms in total. The Morgan fingerprint density at radius 1 is 1.22 bits per heavy atom. The summed E-state index contributed by atoms with van der Waals surface area (Å²) in [5, 5.41) is 2.86. The van der Waals surface area contributed by atoms with Crippen molar-refractivity contribution in [3.05, 3.63) is 41.7 Å². The van der Waals surface area contributed by atoms with Gasteiger partial charge in [-0.1, -0.05) is 53.0 Å². The molecule has 0 aliphatic carbocycles. The number of nitrogens with one attached hydrogen (secondary N) is 1. The van der Waals surface area contributed by atoms with Gasteiger partial charge in [0, 0.05) is 17.1 Å². The van der Waals surface area contributed by atoms with Crippen LogP contribution in [0.3, 0.4) is 0 Å². The van der Waals surface area contributed by atoms with Crippen LogP contribution in [-0.4, -0.2) is 15.3 Å². The lowest BCUT2D eigenvalue weighted by Crippen LogP contribution is -2.12. The molecule has 2 aromatic rings. The molecule has 1 heterocycles. The second kappa shape index (κ2) is 5.40. The zero-order valence-electron chi connectivity index (χ0n) is 8.73. The van der Waals surface area contributed by atoms with Crippen molar-refractivity contribution in [3.8, 4) is 0 Å². The summed E-state index contributed by atoms with van der Waals surface area (Å²) in [4.78, 5) is 15.7. The molecule has 0 atom stereocenters. The minimum atomic E-state index is -1.69. The van der Waals surface area contributed by atoms with Crippen LogP contribution in [0.15, 0.2) is 30.3 Å². The standard InChI is InChI=1S/C10H6Cl3N3OS/c11-10(12,13)8-15-9(18-16-8)14-7(17)6-4-2-1-3-5-6/h1-5H,(H,14,15,16,17). The fourth-order valence-electron chi connectivity index (χ4n) is 1.15. The molecule has 0 saturated carbocycles. The Hall–Kier alpha value is -0.880. The van der Waals surface area contributed by atoms with E-state index < -0.39 is 3.79 Å². The normalized spacial score (nSPS) is 11.3. The highest BCUT2D eigenvalue weighted by molar-refractivity contribution is 7.10. The summed E-state index contributed by atoms with van der Waals surface area (Å²) >= 11 is 17.8. The van der Waals surface area contributed by atoms with Gasteiger partial charge < -0.3 is 0 Å². The van der Waals surface area contributed by atoms with Crippen molar-refractivity contribution in [2.45, 2.75) is 3.79 Å². The largest absolute Gasteiger partial charge is 0.297 e. The van der Waals surface area contributed by atoms with Crippen LogP contribution in [0.25, 0.3) is 0 Å². The van der Waals surface area contributed by atoms with Gasteiger partial charge in [-0.2, -0.15) is 9.36 Å². The molecule has 0 bridgehead atoms. The summed E-state index contributed by atoms with van der Waals surface area (Å²) < 4.78 is 2.17. The van der Waals surface area contributed by atoms with E-state index in [2.05, 4.69) is 14.7 Å². The van der Waals surface area contributed by atoms with Crippen molar-refractivity contribution >= 4 is 57.4 Å². The van der Waals surface area contributed by atoms with Crippen LogP contribution < -0.4 is 5.32 Å². The number of alkyl halides is 3. The molecule has 18 heavy (non-hydrogen) atoms. The first-order valence-electron chi connectivity index (χ1n) is 4.74. The van der Waals surface area contributed by atoms with Gasteiger partial charge in [-0.15, -0.1) is 0 Å². The number of carbonyl (C=O) groups excluding carboxylic acids is 1. The minimum Gasteiger partial charge on any atom is -0.297 e. The van der Waals surface area contributed by atoms with E-state index in [1.165, 1.54) is 0 Å². The Morgan fingerprint density at radius 2 is 1.89 bits per heavy atom. The molecule has 1 aromatic heterocycles. The lowest BCUT2D eigenvalue weighted by Gasteiger charge is -2.03. The Morgan fingerprint density at radius 3 is 2.44 bits per heavy atom. The second-order valence-corrected chi connectivity index (χ2v) is 6.27. The summed E-state index contributed by atoms with van der Waals surface area (Å²) in [6.07, 6.45) is 0. The Balaban J connectivity index is 2.11. The molecule has 0 aliphatic heterocycles. The molecule has 0 radical (unpaired) electrons. The highest BCUT2D eigenvalue weighted by atomic mass is 35.6. The number of nitrogens with zero attached hydrogens (tertiary/aromatic N) is 2. The van der Waals surface area contributed by atoms with Crippen molar-refractivity contribution in [1.29, 1.82) is 0 Å². The van der Waals surface area contributed by atoms with E-state index in [4.69, 9.17) is 34.8 Å².